The Hall–Kier alpha value is -1.98. The van der Waals surface area contributed by atoms with Gasteiger partial charge in [0.05, 0.1) is 12.1 Å². The minimum atomic E-state index is -0.0463. The lowest BCUT2D eigenvalue weighted by Gasteiger charge is -2.04. The molecule has 0 fully saturated rings. The second kappa shape index (κ2) is 7.28. The van der Waals surface area contributed by atoms with Crippen molar-refractivity contribution in [2.24, 2.45) is 0 Å². The third-order valence-corrected chi connectivity index (χ3v) is 5.11. The van der Waals surface area contributed by atoms with Gasteiger partial charge in [-0.1, -0.05) is 45.8 Å². The second-order valence-electron chi connectivity index (χ2n) is 5.61. The number of thiazole rings is 1. The van der Waals surface area contributed by atoms with Crippen molar-refractivity contribution in [1.82, 2.24) is 4.98 Å². The van der Waals surface area contributed by atoms with Crippen LogP contribution in [0.1, 0.15) is 15.4 Å². The van der Waals surface area contributed by atoms with Gasteiger partial charge in [-0.2, -0.15) is 0 Å². The van der Waals surface area contributed by atoms with Crippen LogP contribution in [0.3, 0.4) is 0 Å². The maximum absolute atomic E-state index is 12.2. The van der Waals surface area contributed by atoms with Gasteiger partial charge >= 0.3 is 0 Å². The van der Waals surface area contributed by atoms with Crippen LogP contribution in [0.15, 0.2) is 53.0 Å². The van der Waals surface area contributed by atoms with Crippen LogP contribution in [0.2, 0.25) is 0 Å². The third-order valence-electron chi connectivity index (χ3n) is 3.61. The molecule has 0 saturated carbocycles. The highest BCUT2D eigenvalue weighted by atomic mass is 79.9. The number of nitrogens with zero attached hydrogens (tertiary/aromatic N) is 1. The van der Waals surface area contributed by atoms with Crippen LogP contribution < -0.4 is 5.32 Å². The highest BCUT2D eigenvalue weighted by Gasteiger charge is 2.13. The van der Waals surface area contributed by atoms with Crippen LogP contribution in [0.25, 0.3) is 11.3 Å². The molecular weight excluding hydrogens is 384 g/mol. The lowest BCUT2D eigenvalue weighted by atomic mass is 10.1. The number of nitrogens with one attached hydrogen (secondary N) is 1. The van der Waals surface area contributed by atoms with Crippen molar-refractivity contribution in [2.75, 3.05) is 5.32 Å². The fraction of sp³-hybridized carbons (Fsp3) is 0.158. The van der Waals surface area contributed by atoms with Crippen molar-refractivity contribution in [2.45, 2.75) is 20.3 Å². The summed E-state index contributed by atoms with van der Waals surface area (Å²) in [5.41, 5.74) is 4.00. The average molecular weight is 401 g/mol. The quantitative estimate of drug-likeness (QED) is 0.639. The molecule has 1 heterocycles. The van der Waals surface area contributed by atoms with Crippen LogP contribution in [0, 0.1) is 13.8 Å². The van der Waals surface area contributed by atoms with E-state index in [0.29, 0.717) is 0 Å². The molecule has 24 heavy (non-hydrogen) atoms. The molecule has 0 aliphatic rings. The van der Waals surface area contributed by atoms with E-state index in [9.17, 15) is 4.79 Å². The van der Waals surface area contributed by atoms with E-state index in [1.165, 1.54) is 5.56 Å². The summed E-state index contributed by atoms with van der Waals surface area (Å²) in [5, 5.41) is 3.74. The molecule has 0 saturated heterocycles. The molecule has 2 aromatic carbocycles. The third kappa shape index (κ3) is 4.10. The van der Waals surface area contributed by atoms with Crippen LogP contribution in [0.5, 0.6) is 0 Å². The number of hydrogen-bond donors (Lipinski definition) is 1. The molecule has 0 bridgehead atoms. The molecule has 0 unspecified atom stereocenters. The number of aromatic nitrogens is 1. The summed E-state index contributed by atoms with van der Waals surface area (Å²) in [6, 6.07) is 15.8. The Bertz CT molecular complexity index is 854. The van der Waals surface area contributed by atoms with E-state index < -0.39 is 0 Å². The first-order chi connectivity index (χ1) is 11.5. The van der Waals surface area contributed by atoms with Gasteiger partial charge in [0.2, 0.25) is 5.91 Å². The van der Waals surface area contributed by atoms with Crippen LogP contribution in [-0.4, -0.2) is 10.9 Å². The average Bonchev–Trinajstić information content (AvgIpc) is 2.90. The summed E-state index contributed by atoms with van der Waals surface area (Å²) < 4.78 is 1.04. The monoisotopic (exact) mass is 400 g/mol. The first kappa shape index (κ1) is 16.9. The fourth-order valence-corrected chi connectivity index (χ4v) is 3.60. The van der Waals surface area contributed by atoms with Crippen molar-refractivity contribution in [1.29, 1.82) is 0 Å². The normalized spacial score (nSPS) is 10.6. The number of amides is 1. The fourth-order valence-electron chi connectivity index (χ4n) is 2.38. The molecule has 5 heteroatoms. The maximum Gasteiger partial charge on any atom is 0.231 e. The molecule has 0 radical (unpaired) electrons. The largest absolute Gasteiger partial charge is 0.326 e. The van der Waals surface area contributed by atoms with Crippen LogP contribution in [0.4, 0.5) is 5.69 Å². The van der Waals surface area contributed by atoms with E-state index in [-0.39, 0.29) is 12.3 Å². The summed E-state index contributed by atoms with van der Waals surface area (Å²) in [4.78, 5) is 18.0. The van der Waals surface area contributed by atoms with Crippen molar-refractivity contribution in [3.8, 4) is 11.3 Å². The lowest BCUT2D eigenvalue weighted by Crippen LogP contribution is -2.14. The number of carbonyl (C=O) groups is 1. The van der Waals surface area contributed by atoms with Crippen molar-refractivity contribution >= 4 is 38.9 Å². The zero-order chi connectivity index (χ0) is 17.1. The Morgan fingerprint density at radius 3 is 2.42 bits per heavy atom. The van der Waals surface area contributed by atoms with Crippen molar-refractivity contribution < 1.29 is 4.79 Å². The lowest BCUT2D eigenvalue weighted by molar-refractivity contribution is -0.115. The molecule has 3 nitrogen and oxygen atoms in total. The molecular formula is C19H17BrN2OS. The van der Waals surface area contributed by atoms with Gasteiger partial charge in [0.15, 0.2) is 0 Å². The molecule has 1 amide bonds. The van der Waals surface area contributed by atoms with E-state index in [1.807, 2.05) is 62.4 Å². The molecule has 0 spiro atoms. The van der Waals surface area contributed by atoms with Crippen molar-refractivity contribution in [3.63, 3.8) is 0 Å². The van der Waals surface area contributed by atoms with Gasteiger partial charge in [-0.05, 0) is 38.1 Å². The summed E-state index contributed by atoms with van der Waals surface area (Å²) in [6.07, 6.45) is 0.288. The molecule has 3 aromatic rings. The minimum Gasteiger partial charge on any atom is -0.326 e. The standard InChI is InChI=1S/C19H17BrN2OS/c1-12-3-9-16(10-4-12)21-17(23)11-18-22-19(13(2)24-18)14-5-7-15(20)8-6-14/h3-10H,11H2,1-2H3,(H,21,23). The van der Waals surface area contributed by atoms with E-state index in [0.717, 1.165) is 31.3 Å². The van der Waals surface area contributed by atoms with E-state index >= 15 is 0 Å². The zero-order valence-electron chi connectivity index (χ0n) is 13.5. The van der Waals surface area contributed by atoms with E-state index in [2.05, 4.69) is 26.2 Å². The molecule has 0 atom stereocenters. The maximum atomic E-state index is 12.2. The number of rotatable bonds is 4. The van der Waals surface area contributed by atoms with Gasteiger partial charge in [0.1, 0.15) is 5.01 Å². The van der Waals surface area contributed by atoms with Crippen molar-refractivity contribution in [3.05, 3.63) is 68.5 Å². The summed E-state index contributed by atoms with van der Waals surface area (Å²) in [7, 11) is 0. The number of anilines is 1. The van der Waals surface area contributed by atoms with Gasteiger partial charge in [0.25, 0.3) is 0 Å². The number of aryl methyl sites for hydroxylation is 2. The predicted molar refractivity (Wildman–Crippen MR) is 103 cm³/mol. The first-order valence-electron chi connectivity index (χ1n) is 7.60. The number of hydrogen-bond acceptors (Lipinski definition) is 3. The summed E-state index contributed by atoms with van der Waals surface area (Å²) in [6.45, 7) is 4.06. The Morgan fingerprint density at radius 2 is 1.75 bits per heavy atom. The molecule has 3 rings (SSSR count). The van der Waals surface area contributed by atoms with Crippen LogP contribution >= 0.6 is 27.3 Å². The smallest absolute Gasteiger partial charge is 0.231 e. The van der Waals surface area contributed by atoms with E-state index in [1.54, 1.807) is 11.3 Å². The number of carbonyl (C=O) groups excluding carboxylic acids is 1. The van der Waals surface area contributed by atoms with Crippen LogP contribution in [-0.2, 0) is 11.2 Å². The summed E-state index contributed by atoms with van der Waals surface area (Å²) in [5.74, 6) is -0.0463. The second-order valence-corrected chi connectivity index (χ2v) is 7.81. The highest BCUT2D eigenvalue weighted by molar-refractivity contribution is 9.10. The molecule has 0 aliphatic carbocycles. The van der Waals surface area contributed by atoms with E-state index in [4.69, 9.17) is 0 Å². The number of benzene rings is 2. The first-order valence-corrected chi connectivity index (χ1v) is 9.21. The van der Waals surface area contributed by atoms with Gasteiger partial charge in [-0.25, -0.2) is 4.98 Å². The topological polar surface area (TPSA) is 42.0 Å². The van der Waals surface area contributed by atoms with Gasteiger partial charge in [-0.3, -0.25) is 4.79 Å². The summed E-state index contributed by atoms with van der Waals surface area (Å²) >= 11 is 5.01. The molecule has 1 N–H and O–H groups in total. The molecule has 0 aliphatic heterocycles. The molecule has 122 valence electrons. The Balaban J connectivity index is 1.71. The zero-order valence-corrected chi connectivity index (χ0v) is 15.9. The SMILES string of the molecule is Cc1ccc(NC(=O)Cc2nc(-c3ccc(Br)cc3)c(C)s2)cc1. The molecule has 1 aromatic heterocycles. The van der Waals surface area contributed by atoms with Gasteiger partial charge in [0, 0.05) is 20.6 Å². The number of halogens is 1. The predicted octanol–water partition coefficient (Wildman–Crippen LogP) is 5.37. The Morgan fingerprint density at radius 1 is 1.08 bits per heavy atom. The van der Waals surface area contributed by atoms with Gasteiger partial charge in [-0.15, -0.1) is 11.3 Å². The van der Waals surface area contributed by atoms with Gasteiger partial charge < -0.3 is 5.32 Å². The Labute approximate surface area is 153 Å². The Kier molecular flexibility index (Phi) is 5.11. The minimum absolute atomic E-state index is 0.0463. The highest BCUT2D eigenvalue weighted by Crippen LogP contribution is 2.28.